The minimum absolute atomic E-state index is 0.145. The van der Waals surface area contributed by atoms with Crippen LogP contribution in [-0.2, 0) is 11.8 Å². The number of rotatable bonds is 4. The van der Waals surface area contributed by atoms with E-state index in [0.717, 1.165) is 16.5 Å². The average Bonchev–Trinajstić information content (AvgIpc) is 3.14. The molecule has 0 saturated carbocycles. The zero-order valence-electron chi connectivity index (χ0n) is 16.0. The number of aromatic nitrogens is 3. The van der Waals surface area contributed by atoms with Gasteiger partial charge in [0.2, 0.25) is 5.91 Å². The molecular weight excluding hydrogens is 366 g/mol. The second-order valence-corrected chi connectivity index (χ2v) is 6.69. The molecule has 2 heterocycles. The lowest BCUT2D eigenvalue weighted by atomic mass is 10.0. The van der Waals surface area contributed by atoms with E-state index < -0.39 is 0 Å². The Morgan fingerprint density at radius 3 is 2.31 bits per heavy atom. The Labute approximate surface area is 167 Å². The van der Waals surface area contributed by atoms with Gasteiger partial charge in [0.15, 0.2) is 0 Å². The molecule has 7 nitrogen and oxygen atoms in total. The van der Waals surface area contributed by atoms with Crippen molar-refractivity contribution in [3.8, 4) is 11.3 Å². The maximum Gasteiger partial charge on any atom is 0.256 e. The molecule has 2 aromatic heterocycles. The van der Waals surface area contributed by atoms with Crippen LogP contribution in [0.5, 0.6) is 0 Å². The van der Waals surface area contributed by atoms with Crippen LogP contribution in [0.25, 0.3) is 22.2 Å². The van der Waals surface area contributed by atoms with Crippen molar-refractivity contribution in [3.05, 3.63) is 72.6 Å². The molecule has 7 heteroatoms. The van der Waals surface area contributed by atoms with Crippen molar-refractivity contribution in [1.29, 1.82) is 0 Å². The number of anilines is 2. The van der Waals surface area contributed by atoms with Gasteiger partial charge in [-0.3, -0.25) is 14.3 Å². The van der Waals surface area contributed by atoms with Gasteiger partial charge in [-0.25, -0.2) is 4.98 Å². The van der Waals surface area contributed by atoms with E-state index in [1.807, 2.05) is 37.5 Å². The molecule has 2 amide bonds. The number of amides is 2. The smallest absolute Gasteiger partial charge is 0.256 e. The number of nitrogens with one attached hydrogen (secondary N) is 2. The molecule has 0 spiro atoms. The molecule has 0 saturated heterocycles. The molecule has 0 aliphatic carbocycles. The van der Waals surface area contributed by atoms with Crippen molar-refractivity contribution in [2.45, 2.75) is 6.92 Å². The topological polar surface area (TPSA) is 88.9 Å². The molecule has 0 bridgehead atoms. The van der Waals surface area contributed by atoms with Gasteiger partial charge in [0.25, 0.3) is 5.91 Å². The number of carbonyl (C=O) groups is 2. The van der Waals surface area contributed by atoms with Crippen LogP contribution in [0, 0.1) is 0 Å². The number of fused-ring (bicyclic) bond motifs is 1. The lowest BCUT2D eigenvalue weighted by molar-refractivity contribution is -0.114. The first-order valence-electron chi connectivity index (χ1n) is 9.07. The highest BCUT2D eigenvalue weighted by Crippen LogP contribution is 2.25. The highest BCUT2D eigenvalue weighted by Gasteiger charge is 2.15. The van der Waals surface area contributed by atoms with Gasteiger partial charge in [0.05, 0.1) is 23.0 Å². The molecule has 0 atom stereocenters. The van der Waals surface area contributed by atoms with Gasteiger partial charge in [0.1, 0.15) is 0 Å². The Balaban J connectivity index is 1.68. The third-order valence-corrected chi connectivity index (χ3v) is 4.42. The average molecular weight is 385 g/mol. The Kier molecular flexibility index (Phi) is 4.78. The second-order valence-electron chi connectivity index (χ2n) is 6.69. The lowest BCUT2D eigenvalue weighted by Crippen LogP contribution is -2.13. The van der Waals surface area contributed by atoms with Gasteiger partial charge in [-0.15, -0.1) is 0 Å². The maximum atomic E-state index is 13.1. The molecule has 0 aliphatic rings. The summed E-state index contributed by atoms with van der Waals surface area (Å²) in [7, 11) is 1.84. The first kappa shape index (κ1) is 18.4. The van der Waals surface area contributed by atoms with Crippen molar-refractivity contribution in [2.24, 2.45) is 7.05 Å². The van der Waals surface area contributed by atoms with E-state index >= 15 is 0 Å². The molecule has 2 N–H and O–H groups in total. The van der Waals surface area contributed by atoms with E-state index in [0.29, 0.717) is 22.6 Å². The van der Waals surface area contributed by atoms with E-state index in [4.69, 9.17) is 0 Å². The van der Waals surface area contributed by atoms with Gasteiger partial charge >= 0.3 is 0 Å². The summed E-state index contributed by atoms with van der Waals surface area (Å²) in [5.74, 6) is -0.381. The van der Waals surface area contributed by atoms with E-state index in [-0.39, 0.29) is 11.8 Å². The summed E-state index contributed by atoms with van der Waals surface area (Å²) in [6.07, 6.45) is 3.58. The summed E-state index contributed by atoms with van der Waals surface area (Å²) in [6, 6.07) is 16.3. The maximum absolute atomic E-state index is 13.1. The first-order chi connectivity index (χ1) is 14.0. The van der Waals surface area contributed by atoms with Crippen molar-refractivity contribution in [3.63, 3.8) is 0 Å². The van der Waals surface area contributed by atoms with Crippen molar-refractivity contribution >= 4 is 34.1 Å². The van der Waals surface area contributed by atoms with Gasteiger partial charge in [-0.05, 0) is 36.4 Å². The highest BCUT2D eigenvalue weighted by atomic mass is 16.2. The first-order valence-corrected chi connectivity index (χ1v) is 9.07. The number of carbonyl (C=O) groups excluding carboxylic acids is 2. The number of aryl methyl sites for hydroxylation is 1. The van der Waals surface area contributed by atoms with Crippen LogP contribution in [0.2, 0.25) is 0 Å². The van der Waals surface area contributed by atoms with E-state index in [9.17, 15) is 9.59 Å². The van der Waals surface area contributed by atoms with Crippen molar-refractivity contribution < 1.29 is 9.59 Å². The summed E-state index contributed by atoms with van der Waals surface area (Å²) in [4.78, 5) is 28.9. The van der Waals surface area contributed by atoms with E-state index in [1.54, 1.807) is 41.2 Å². The third-order valence-electron chi connectivity index (χ3n) is 4.42. The number of hydrogen-bond acceptors (Lipinski definition) is 4. The zero-order chi connectivity index (χ0) is 20.4. The van der Waals surface area contributed by atoms with Crippen LogP contribution in [-0.4, -0.2) is 26.6 Å². The molecule has 4 aromatic rings. The highest BCUT2D eigenvalue weighted by molar-refractivity contribution is 6.13. The Hall–Kier alpha value is -4.00. The molecule has 29 heavy (non-hydrogen) atoms. The quantitative estimate of drug-likeness (QED) is 0.558. The predicted molar refractivity (Wildman–Crippen MR) is 113 cm³/mol. The number of hydrogen-bond donors (Lipinski definition) is 2. The second kappa shape index (κ2) is 7.55. The number of pyridine rings is 1. The molecule has 2 aromatic carbocycles. The third kappa shape index (κ3) is 3.98. The summed E-state index contributed by atoms with van der Waals surface area (Å²) < 4.78 is 1.70. The summed E-state index contributed by atoms with van der Waals surface area (Å²) in [6.45, 7) is 1.45. The molecular formula is C22H19N5O2. The van der Waals surface area contributed by atoms with Crippen LogP contribution in [0.4, 0.5) is 11.4 Å². The van der Waals surface area contributed by atoms with Crippen LogP contribution < -0.4 is 10.6 Å². The summed E-state index contributed by atoms with van der Waals surface area (Å²) in [5, 5.41) is 10.6. The molecule has 0 aliphatic heterocycles. The van der Waals surface area contributed by atoms with Crippen LogP contribution in [0.15, 0.2) is 67.0 Å². The van der Waals surface area contributed by atoms with Crippen LogP contribution >= 0.6 is 0 Å². The zero-order valence-corrected chi connectivity index (χ0v) is 16.0. The van der Waals surface area contributed by atoms with Crippen molar-refractivity contribution in [1.82, 2.24) is 14.8 Å². The largest absolute Gasteiger partial charge is 0.326 e. The molecule has 0 fully saturated rings. The van der Waals surface area contributed by atoms with Gasteiger partial charge < -0.3 is 10.6 Å². The number of nitrogens with zero attached hydrogens (tertiary/aromatic N) is 3. The standard InChI is InChI=1S/C22H19N5O2/c1-14(28)24-16-7-9-17(10-8-16)25-22(29)19-11-21(15-12-23-27(2)13-15)26-20-6-4-3-5-18(19)20/h3-13H,1-2H3,(H,24,28)(H,25,29). The summed E-state index contributed by atoms with van der Waals surface area (Å²) in [5.41, 5.74) is 4.09. The van der Waals surface area contributed by atoms with E-state index in [1.165, 1.54) is 6.92 Å². The Morgan fingerprint density at radius 1 is 0.966 bits per heavy atom. The van der Waals surface area contributed by atoms with Crippen molar-refractivity contribution in [2.75, 3.05) is 10.6 Å². The molecule has 144 valence electrons. The minimum Gasteiger partial charge on any atom is -0.326 e. The number of para-hydroxylation sites is 1. The monoisotopic (exact) mass is 385 g/mol. The van der Waals surface area contributed by atoms with Gasteiger partial charge in [0, 0.05) is 42.5 Å². The van der Waals surface area contributed by atoms with Gasteiger partial charge in [-0.2, -0.15) is 5.10 Å². The molecule has 4 rings (SSSR count). The summed E-state index contributed by atoms with van der Waals surface area (Å²) >= 11 is 0. The number of benzene rings is 2. The predicted octanol–water partition coefficient (Wildman–Crippen LogP) is 3.85. The molecule has 0 unspecified atom stereocenters. The fraction of sp³-hybridized carbons (Fsp3) is 0.0909. The Bertz CT molecular complexity index is 1210. The molecule has 0 radical (unpaired) electrons. The fourth-order valence-electron chi connectivity index (χ4n) is 3.10. The van der Waals surface area contributed by atoms with E-state index in [2.05, 4.69) is 20.7 Å². The Morgan fingerprint density at radius 2 is 1.66 bits per heavy atom. The normalized spacial score (nSPS) is 10.7. The fourth-order valence-corrected chi connectivity index (χ4v) is 3.10. The van der Waals surface area contributed by atoms with Gasteiger partial charge in [-0.1, -0.05) is 18.2 Å². The minimum atomic E-state index is -0.235. The SMILES string of the molecule is CC(=O)Nc1ccc(NC(=O)c2cc(-c3cnn(C)c3)nc3ccccc23)cc1. The lowest BCUT2D eigenvalue weighted by Gasteiger charge is -2.10. The van der Waals surface area contributed by atoms with Crippen LogP contribution in [0.3, 0.4) is 0 Å². The van der Waals surface area contributed by atoms with Crippen LogP contribution in [0.1, 0.15) is 17.3 Å².